The van der Waals surface area contributed by atoms with Gasteiger partial charge in [-0.2, -0.15) is 5.26 Å². The Bertz CT molecular complexity index is 898. The van der Waals surface area contributed by atoms with Crippen LogP contribution in [0.3, 0.4) is 0 Å². The summed E-state index contributed by atoms with van der Waals surface area (Å²) in [5.74, 6) is -1.09. The van der Waals surface area contributed by atoms with E-state index in [2.05, 4.69) is 4.74 Å². The molecule has 0 aliphatic carbocycles. The van der Waals surface area contributed by atoms with Crippen molar-refractivity contribution in [3.63, 3.8) is 0 Å². The second kappa shape index (κ2) is 10.6. The average molecular weight is 394 g/mol. The number of hydrogen-bond acceptors (Lipinski definition) is 6. The highest BCUT2D eigenvalue weighted by molar-refractivity contribution is 5.98. The first-order valence-corrected chi connectivity index (χ1v) is 8.98. The monoisotopic (exact) mass is 394 g/mol. The van der Waals surface area contributed by atoms with E-state index in [0.29, 0.717) is 24.1 Å². The lowest BCUT2D eigenvalue weighted by Crippen LogP contribution is -2.37. The summed E-state index contributed by atoms with van der Waals surface area (Å²) in [6, 6.07) is 15.8. The zero-order valence-electron chi connectivity index (χ0n) is 16.4. The SMILES string of the molecule is COC(=O)CCc1ccc(CC(=O)N(CC(=O)OC)c2ccc(C#N)cc2)cc1. The molecule has 150 valence electrons. The third-order valence-electron chi connectivity index (χ3n) is 4.35. The number of hydrogen-bond donors (Lipinski definition) is 0. The number of carbonyl (C=O) groups excluding carboxylic acids is 3. The number of amides is 1. The molecule has 0 saturated carbocycles. The molecule has 1 amide bonds. The van der Waals surface area contributed by atoms with E-state index in [9.17, 15) is 14.4 Å². The third-order valence-corrected chi connectivity index (χ3v) is 4.35. The summed E-state index contributed by atoms with van der Waals surface area (Å²) in [7, 11) is 2.61. The lowest BCUT2D eigenvalue weighted by molar-refractivity contribution is -0.141. The maximum absolute atomic E-state index is 12.8. The van der Waals surface area contributed by atoms with Gasteiger partial charge in [0.2, 0.25) is 5.91 Å². The van der Waals surface area contributed by atoms with Gasteiger partial charge in [0.05, 0.1) is 32.3 Å². The fourth-order valence-electron chi connectivity index (χ4n) is 2.68. The molecular weight excluding hydrogens is 372 g/mol. The summed E-state index contributed by atoms with van der Waals surface area (Å²) >= 11 is 0. The van der Waals surface area contributed by atoms with Crippen LogP contribution < -0.4 is 4.90 Å². The van der Waals surface area contributed by atoms with Crippen LogP contribution in [0.5, 0.6) is 0 Å². The molecule has 0 bridgehead atoms. The van der Waals surface area contributed by atoms with Crippen molar-refractivity contribution in [1.29, 1.82) is 5.26 Å². The average Bonchev–Trinajstić information content (AvgIpc) is 2.76. The van der Waals surface area contributed by atoms with Gasteiger partial charge in [-0.1, -0.05) is 24.3 Å². The van der Waals surface area contributed by atoms with Gasteiger partial charge in [-0.25, -0.2) is 0 Å². The maximum Gasteiger partial charge on any atom is 0.325 e. The number of benzene rings is 2. The van der Waals surface area contributed by atoms with Gasteiger partial charge >= 0.3 is 11.9 Å². The van der Waals surface area contributed by atoms with Crippen molar-refractivity contribution >= 4 is 23.5 Å². The zero-order valence-corrected chi connectivity index (χ0v) is 16.4. The molecule has 0 aromatic heterocycles. The van der Waals surface area contributed by atoms with Crippen LogP contribution in [0.1, 0.15) is 23.1 Å². The summed E-state index contributed by atoms with van der Waals surface area (Å²) in [5, 5.41) is 8.93. The molecule has 0 saturated heterocycles. The molecule has 0 fully saturated rings. The van der Waals surface area contributed by atoms with Crippen LogP contribution in [-0.2, 0) is 36.7 Å². The Morgan fingerprint density at radius 1 is 0.897 bits per heavy atom. The zero-order chi connectivity index (χ0) is 21.2. The van der Waals surface area contributed by atoms with Crippen molar-refractivity contribution in [2.24, 2.45) is 0 Å². The summed E-state index contributed by atoms with van der Waals surface area (Å²) in [6.45, 7) is -0.224. The van der Waals surface area contributed by atoms with Crippen molar-refractivity contribution in [3.8, 4) is 6.07 Å². The van der Waals surface area contributed by atoms with Gasteiger partial charge in [-0.05, 0) is 41.8 Å². The number of ether oxygens (including phenoxy) is 2. The van der Waals surface area contributed by atoms with E-state index in [4.69, 9.17) is 10.00 Å². The van der Waals surface area contributed by atoms with Gasteiger partial charge in [0.15, 0.2) is 0 Å². The van der Waals surface area contributed by atoms with Crippen LogP contribution in [0.2, 0.25) is 0 Å². The van der Waals surface area contributed by atoms with Crippen LogP contribution in [-0.4, -0.2) is 38.6 Å². The van der Waals surface area contributed by atoms with Crippen molar-refractivity contribution in [3.05, 3.63) is 65.2 Å². The van der Waals surface area contributed by atoms with Crippen molar-refractivity contribution in [2.75, 3.05) is 25.7 Å². The minimum Gasteiger partial charge on any atom is -0.469 e. The topological polar surface area (TPSA) is 96.7 Å². The summed E-state index contributed by atoms with van der Waals surface area (Å²) in [4.78, 5) is 37.2. The molecule has 0 unspecified atom stereocenters. The van der Waals surface area contributed by atoms with Crippen LogP contribution >= 0.6 is 0 Å². The Hall–Kier alpha value is -3.66. The van der Waals surface area contributed by atoms with E-state index in [0.717, 1.165) is 11.1 Å². The van der Waals surface area contributed by atoms with Crippen LogP contribution in [0.15, 0.2) is 48.5 Å². The quantitative estimate of drug-likeness (QED) is 0.638. The number of methoxy groups -OCH3 is 2. The number of nitriles is 1. The molecule has 7 nitrogen and oxygen atoms in total. The molecule has 0 aliphatic heterocycles. The number of rotatable bonds is 8. The van der Waals surface area contributed by atoms with Gasteiger partial charge in [-0.15, -0.1) is 0 Å². The van der Waals surface area contributed by atoms with Crippen LogP contribution in [0.25, 0.3) is 0 Å². The first-order chi connectivity index (χ1) is 14.0. The number of aryl methyl sites for hydroxylation is 1. The predicted molar refractivity (Wildman–Crippen MR) is 106 cm³/mol. The van der Waals surface area contributed by atoms with Crippen LogP contribution in [0.4, 0.5) is 5.69 Å². The number of carbonyl (C=O) groups is 3. The molecule has 2 aromatic carbocycles. The molecule has 0 aliphatic rings. The van der Waals surface area contributed by atoms with E-state index >= 15 is 0 Å². The molecule has 0 radical (unpaired) electrons. The molecule has 0 atom stereocenters. The van der Waals surface area contributed by atoms with Gasteiger partial charge in [-0.3, -0.25) is 14.4 Å². The molecule has 2 rings (SSSR count). The highest BCUT2D eigenvalue weighted by Crippen LogP contribution is 2.17. The fourth-order valence-corrected chi connectivity index (χ4v) is 2.68. The van der Waals surface area contributed by atoms with Crippen molar-refractivity contribution < 1.29 is 23.9 Å². The summed E-state index contributed by atoms with van der Waals surface area (Å²) in [5.41, 5.74) is 2.71. The number of anilines is 1. The molecule has 29 heavy (non-hydrogen) atoms. The highest BCUT2D eigenvalue weighted by Gasteiger charge is 2.20. The predicted octanol–water partition coefficient (Wildman–Crippen LogP) is 2.41. The first-order valence-electron chi connectivity index (χ1n) is 8.98. The largest absolute Gasteiger partial charge is 0.469 e. The second-order valence-electron chi connectivity index (χ2n) is 6.28. The molecular formula is C22H22N2O5. The maximum atomic E-state index is 12.8. The standard InChI is InChI=1S/C22H22N2O5/c1-28-21(26)12-9-16-3-5-17(6-4-16)13-20(25)24(15-22(27)29-2)19-10-7-18(14-23)8-11-19/h3-8,10-11H,9,12-13,15H2,1-2H3. The minimum absolute atomic E-state index is 0.0915. The first kappa shape index (κ1) is 21.6. The Morgan fingerprint density at radius 2 is 1.48 bits per heavy atom. The van der Waals surface area contributed by atoms with Gasteiger partial charge in [0.1, 0.15) is 6.54 Å². The van der Waals surface area contributed by atoms with E-state index in [1.54, 1.807) is 24.3 Å². The van der Waals surface area contributed by atoms with Gasteiger partial charge in [0, 0.05) is 12.1 Å². The van der Waals surface area contributed by atoms with Crippen LogP contribution in [0, 0.1) is 11.3 Å². The third kappa shape index (κ3) is 6.47. The highest BCUT2D eigenvalue weighted by atomic mass is 16.5. The smallest absolute Gasteiger partial charge is 0.325 e. The molecule has 0 heterocycles. The Labute approximate surface area is 169 Å². The molecule has 0 spiro atoms. The summed E-state index contributed by atoms with van der Waals surface area (Å²) < 4.78 is 9.32. The normalized spacial score (nSPS) is 9.97. The number of esters is 2. The second-order valence-corrected chi connectivity index (χ2v) is 6.28. The van der Waals surface area contributed by atoms with E-state index in [1.165, 1.54) is 19.1 Å². The lowest BCUT2D eigenvalue weighted by Gasteiger charge is -2.22. The Kier molecular flexibility index (Phi) is 7.92. The molecule has 7 heteroatoms. The van der Waals surface area contributed by atoms with E-state index in [1.807, 2.05) is 30.3 Å². The summed E-state index contributed by atoms with van der Waals surface area (Å²) in [6.07, 6.45) is 0.940. The fraction of sp³-hybridized carbons (Fsp3) is 0.273. The van der Waals surface area contributed by atoms with Gasteiger partial charge in [0.25, 0.3) is 0 Å². The number of nitrogens with zero attached hydrogens (tertiary/aromatic N) is 2. The van der Waals surface area contributed by atoms with E-state index in [-0.39, 0.29) is 24.8 Å². The molecule has 0 N–H and O–H groups in total. The lowest BCUT2D eigenvalue weighted by atomic mass is 10.0. The van der Waals surface area contributed by atoms with E-state index < -0.39 is 5.97 Å². The minimum atomic E-state index is -0.541. The van der Waals surface area contributed by atoms with Crippen molar-refractivity contribution in [1.82, 2.24) is 0 Å². The molecule has 2 aromatic rings. The van der Waals surface area contributed by atoms with Crippen molar-refractivity contribution in [2.45, 2.75) is 19.3 Å². The van der Waals surface area contributed by atoms with Gasteiger partial charge < -0.3 is 14.4 Å². The Balaban J connectivity index is 2.11. The Morgan fingerprint density at radius 3 is 2.03 bits per heavy atom.